The van der Waals surface area contributed by atoms with E-state index in [1.807, 2.05) is 0 Å². The summed E-state index contributed by atoms with van der Waals surface area (Å²) in [5, 5.41) is 29.3. The van der Waals surface area contributed by atoms with Gasteiger partial charge in [-0.15, -0.1) is 10.2 Å². The Kier molecular flexibility index (Phi) is 1.71. The Labute approximate surface area is 50.5 Å². The van der Waals surface area contributed by atoms with Crippen molar-refractivity contribution in [3.05, 3.63) is 5.82 Å². The molecule has 0 spiro atoms. The largest absolute Gasteiger partial charge is 0.393 e. The van der Waals surface area contributed by atoms with E-state index in [0.717, 1.165) is 0 Å². The van der Waals surface area contributed by atoms with Crippen LogP contribution in [-0.2, 0) is 0 Å². The lowest BCUT2D eigenvalue weighted by Gasteiger charge is -1.96. The fourth-order valence-corrected chi connectivity index (χ4v) is 0.392. The van der Waals surface area contributed by atoms with Gasteiger partial charge in [-0.3, -0.25) is 0 Å². The summed E-state index contributed by atoms with van der Waals surface area (Å²) in [4.78, 5) is 0. The van der Waals surface area contributed by atoms with Crippen LogP contribution in [0, 0.1) is 0 Å². The molecule has 1 rings (SSSR count). The monoisotopic (exact) mass is 130 g/mol. The Morgan fingerprint density at radius 1 is 1.67 bits per heavy atom. The Hall–Kier alpha value is -1.01. The minimum Gasteiger partial charge on any atom is -0.393 e. The smallest absolute Gasteiger partial charge is 0.205 e. The zero-order valence-electron chi connectivity index (χ0n) is 4.52. The van der Waals surface area contributed by atoms with Gasteiger partial charge in [0.05, 0.1) is 6.61 Å². The molecule has 6 nitrogen and oxygen atoms in total. The van der Waals surface area contributed by atoms with E-state index in [-0.39, 0.29) is 12.4 Å². The molecular weight excluding hydrogens is 124 g/mol. The van der Waals surface area contributed by atoms with Gasteiger partial charge in [-0.05, 0) is 0 Å². The van der Waals surface area contributed by atoms with Crippen molar-refractivity contribution in [2.75, 3.05) is 6.61 Å². The maximum absolute atomic E-state index is 8.78. The normalized spacial score (nSPS) is 13.6. The maximum Gasteiger partial charge on any atom is 0.205 e. The number of nitrogens with zero attached hydrogens (tertiary/aromatic N) is 3. The average molecular weight is 130 g/mol. The predicted molar refractivity (Wildman–Crippen MR) is 26.2 cm³/mol. The average Bonchev–Trinajstić information content (AvgIpc) is 2.37. The zero-order chi connectivity index (χ0) is 6.69. The van der Waals surface area contributed by atoms with E-state index in [9.17, 15) is 0 Å². The van der Waals surface area contributed by atoms with Crippen LogP contribution in [0.4, 0.5) is 0 Å². The van der Waals surface area contributed by atoms with Gasteiger partial charge in [0.1, 0.15) is 6.10 Å². The van der Waals surface area contributed by atoms with Crippen molar-refractivity contribution in [1.82, 2.24) is 20.6 Å². The van der Waals surface area contributed by atoms with Gasteiger partial charge >= 0.3 is 0 Å². The highest BCUT2D eigenvalue weighted by Crippen LogP contribution is 2.00. The van der Waals surface area contributed by atoms with Crippen molar-refractivity contribution < 1.29 is 10.2 Å². The molecule has 1 atom stereocenters. The molecule has 0 unspecified atom stereocenters. The second-order valence-corrected chi connectivity index (χ2v) is 1.47. The van der Waals surface area contributed by atoms with E-state index < -0.39 is 6.10 Å². The molecule has 0 bridgehead atoms. The second kappa shape index (κ2) is 2.51. The number of aliphatic hydroxyl groups excluding tert-OH is 2. The van der Waals surface area contributed by atoms with Gasteiger partial charge in [0.15, 0.2) is 0 Å². The van der Waals surface area contributed by atoms with Crippen molar-refractivity contribution in [3.8, 4) is 0 Å². The zero-order valence-corrected chi connectivity index (χ0v) is 4.52. The van der Waals surface area contributed by atoms with Gasteiger partial charge in [-0.1, -0.05) is 5.21 Å². The van der Waals surface area contributed by atoms with Gasteiger partial charge in [0, 0.05) is 0 Å². The number of aromatic amines is 1. The van der Waals surface area contributed by atoms with Gasteiger partial charge in [0.2, 0.25) is 5.82 Å². The number of aliphatic hydroxyl groups is 2. The summed E-state index contributed by atoms with van der Waals surface area (Å²) in [6.07, 6.45) is -1.02. The fraction of sp³-hybridized carbons (Fsp3) is 0.667. The number of hydrogen-bond acceptors (Lipinski definition) is 5. The van der Waals surface area contributed by atoms with Crippen molar-refractivity contribution in [1.29, 1.82) is 0 Å². The van der Waals surface area contributed by atoms with Crippen molar-refractivity contribution in [2.45, 2.75) is 6.10 Å². The van der Waals surface area contributed by atoms with Crippen molar-refractivity contribution in [2.24, 2.45) is 0 Å². The van der Waals surface area contributed by atoms with Crippen LogP contribution < -0.4 is 0 Å². The number of nitrogens with one attached hydrogen (secondary N) is 1. The first-order valence-electron chi connectivity index (χ1n) is 2.37. The van der Waals surface area contributed by atoms with Crippen LogP contribution >= 0.6 is 0 Å². The fourth-order valence-electron chi connectivity index (χ4n) is 0.392. The molecule has 1 aromatic heterocycles. The third-order valence-corrected chi connectivity index (χ3v) is 0.833. The van der Waals surface area contributed by atoms with E-state index >= 15 is 0 Å². The molecule has 0 aliphatic rings. The van der Waals surface area contributed by atoms with E-state index in [4.69, 9.17) is 10.2 Å². The molecule has 1 heterocycles. The molecule has 9 heavy (non-hydrogen) atoms. The molecule has 0 aliphatic carbocycles. The quantitative estimate of drug-likeness (QED) is 0.440. The summed E-state index contributed by atoms with van der Waals surface area (Å²) in [6, 6.07) is 0. The highest BCUT2D eigenvalue weighted by atomic mass is 16.3. The number of aromatic nitrogens is 4. The Morgan fingerprint density at radius 3 is 2.89 bits per heavy atom. The number of hydrogen-bond donors (Lipinski definition) is 3. The van der Waals surface area contributed by atoms with Crippen LogP contribution in [0.2, 0.25) is 0 Å². The van der Waals surface area contributed by atoms with Crippen LogP contribution in [0.3, 0.4) is 0 Å². The Balaban J connectivity index is 2.65. The molecule has 1 aromatic rings. The maximum atomic E-state index is 8.78. The Bertz CT molecular complexity index is 162. The van der Waals surface area contributed by atoms with Crippen LogP contribution in [0.15, 0.2) is 0 Å². The number of rotatable bonds is 2. The minimum absolute atomic E-state index is 0.109. The number of H-pyrrole nitrogens is 1. The molecule has 0 radical (unpaired) electrons. The van der Waals surface area contributed by atoms with Gasteiger partial charge in [-0.25, -0.2) is 0 Å². The Morgan fingerprint density at radius 2 is 2.44 bits per heavy atom. The summed E-state index contributed by atoms with van der Waals surface area (Å²) in [5.74, 6) is 0.109. The molecule has 0 aromatic carbocycles. The third-order valence-electron chi connectivity index (χ3n) is 0.833. The second-order valence-electron chi connectivity index (χ2n) is 1.47. The summed E-state index contributed by atoms with van der Waals surface area (Å²) in [5.41, 5.74) is 0. The molecule has 6 heteroatoms. The van der Waals surface area contributed by atoms with Gasteiger partial charge in [-0.2, -0.15) is 5.21 Å². The van der Waals surface area contributed by atoms with Crippen molar-refractivity contribution >= 4 is 0 Å². The lowest BCUT2D eigenvalue weighted by molar-refractivity contribution is 0.0886. The first-order chi connectivity index (χ1) is 4.34. The lowest BCUT2D eigenvalue weighted by Crippen LogP contribution is -2.04. The van der Waals surface area contributed by atoms with Gasteiger partial charge in [0.25, 0.3) is 0 Å². The number of tetrazole rings is 1. The summed E-state index contributed by atoms with van der Waals surface area (Å²) < 4.78 is 0. The SMILES string of the molecule is OC[C@@H](O)c1nn[nH]n1. The molecule has 0 aliphatic heterocycles. The van der Waals surface area contributed by atoms with E-state index in [2.05, 4.69) is 20.6 Å². The van der Waals surface area contributed by atoms with E-state index in [1.165, 1.54) is 0 Å². The lowest BCUT2D eigenvalue weighted by atomic mass is 10.4. The van der Waals surface area contributed by atoms with Crippen LogP contribution in [0.5, 0.6) is 0 Å². The summed E-state index contributed by atoms with van der Waals surface area (Å²) >= 11 is 0. The topological polar surface area (TPSA) is 94.9 Å². The summed E-state index contributed by atoms with van der Waals surface area (Å²) in [7, 11) is 0. The summed E-state index contributed by atoms with van der Waals surface area (Å²) in [6.45, 7) is -0.389. The first-order valence-corrected chi connectivity index (χ1v) is 2.37. The molecule has 0 saturated carbocycles. The minimum atomic E-state index is -1.02. The van der Waals surface area contributed by atoms with Crippen molar-refractivity contribution in [3.63, 3.8) is 0 Å². The highest BCUT2D eigenvalue weighted by molar-refractivity contribution is 4.81. The molecule has 0 fully saturated rings. The van der Waals surface area contributed by atoms with Crippen LogP contribution in [-0.4, -0.2) is 37.4 Å². The standard InChI is InChI=1S/C3H6N4O2/c8-1-2(9)3-4-6-7-5-3/h2,8-9H,1H2,(H,4,5,6,7)/t2-/m1/s1. The molecular formula is C3H6N4O2. The highest BCUT2D eigenvalue weighted by Gasteiger charge is 2.08. The van der Waals surface area contributed by atoms with Crippen LogP contribution in [0.1, 0.15) is 11.9 Å². The molecule has 0 amide bonds. The predicted octanol–water partition coefficient (Wildman–Crippen LogP) is -1.77. The molecule has 0 saturated heterocycles. The first kappa shape index (κ1) is 6.12. The van der Waals surface area contributed by atoms with E-state index in [1.54, 1.807) is 0 Å². The molecule has 3 N–H and O–H groups in total. The third kappa shape index (κ3) is 1.21. The van der Waals surface area contributed by atoms with E-state index in [0.29, 0.717) is 0 Å². The van der Waals surface area contributed by atoms with Crippen LogP contribution in [0.25, 0.3) is 0 Å². The molecule has 50 valence electrons. The van der Waals surface area contributed by atoms with Gasteiger partial charge < -0.3 is 10.2 Å².